The summed E-state index contributed by atoms with van der Waals surface area (Å²) >= 11 is 0. The zero-order chi connectivity index (χ0) is 12.1. The van der Waals surface area contributed by atoms with Gasteiger partial charge in [-0.05, 0) is 44.0 Å². The Kier molecular flexibility index (Phi) is 4.35. The van der Waals surface area contributed by atoms with Crippen LogP contribution in [0.15, 0.2) is 18.2 Å². The van der Waals surface area contributed by atoms with Gasteiger partial charge in [-0.1, -0.05) is 6.92 Å². The lowest BCUT2D eigenvalue weighted by Gasteiger charge is -2.24. The summed E-state index contributed by atoms with van der Waals surface area (Å²) < 4.78 is 0. The highest BCUT2D eigenvalue weighted by atomic mass is 16.4. The van der Waals surface area contributed by atoms with Crippen LogP contribution in [0.25, 0.3) is 0 Å². The molecule has 0 amide bonds. The van der Waals surface area contributed by atoms with Crippen LogP contribution in [0.4, 0.5) is 5.69 Å². The van der Waals surface area contributed by atoms with Crippen LogP contribution in [0.1, 0.15) is 36.2 Å². The molecule has 0 aliphatic heterocycles. The number of aryl methyl sites for hydroxylation is 1. The fourth-order valence-electron chi connectivity index (χ4n) is 1.86. The van der Waals surface area contributed by atoms with Gasteiger partial charge in [-0.25, -0.2) is 4.79 Å². The Morgan fingerprint density at radius 1 is 1.38 bits per heavy atom. The minimum atomic E-state index is -0.867. The van der Waals surface area contributed by atoms with Gasteiger partial charge in [0.2, 0.25) is 0 Å². The SMILES string of the molecule is CCCN(CC)c1ccc(C(=O)O)cc1C. The van der Waals surface area contributed by atoms with Crippen molar-refractivity contribution in [2.75, 3.05) is 18.0 Å². The molecule has 0 atom stereocenters. The Balaban J connectivity index is 3.01. The molecule has 1 aromatic rings. The first-order chi connectivity index (χ1) is 7.60. The van der Waals surface area contributed by atoms with E-state index in [0.717, 1.165) is 30.8 Å². The molecule has 0 aliphatic rings. The summed E-state index contributed by atoms with van der Waals surface area (Å²) in [7, 11) is 0. The third-order valence-corrected chi connectivity index (χ3v) is 2.66. The topological polar surface area (TPSA) is 40.5 Å². The van der Waals surface area contributed by atoms with E-state index >= 15 is 0 Å². The molecule has 0 saturated heterocycles. The normalized spacial score (nSPS) is 10.2. The predicted octanol–water partition coefficient (Wildman–Crippen LogP) is 2.93. The quantitative estimate of drug-likeness (QED) is 0.831. The Bertz CT molecular complexity index is 374. The van der Waals surface area contributed by atoms with Gasteiger partial charge >= 0.3 is 5.97 Å². The molecule has 16 heavy (non-hydrogen) atoms. The summed E-state index contributed by atoms with van der Waals surface area (Å²) in [4.78, 5) is 13.1. The van der Waals surface area contributed by atoms with E-state index in [1.54, 1.807) is 12.1 Å². The van der Waals surface area contributed by atoms with Crippen LogP contribution < -0.4 is 4.90 Å². The van der Waals surface area contributed by atoms with E-state index < -0.39 is 5.97 Å². The van der Waals surface area contributed by atoms with Crippen molar-refractivity contribution in [2.45, 2.75) is 27.2 Å². The second-order valence-electron chi connectivity index (χ2n) is 3.89. The van der Waals surface area contributed by atoms with Crippen LogP contribution in [0, 0.1) is 6.92 Å². The van der Waals surface area contributed by atoms with Gasteiger partial charge in [-0.15, -0.1) is 0 Å². The summed E-state index contributed by atoms with van der Waals surface area (Å²) in [5.74, 6) is -0.867. The predicted molar refractivity (Wildman–Crippen MR) is 66.3 cm³/mol. The molecule has 0 spiro atoms. The number of carbonyl (C=O) groups is 1. The molecule has 0 bridgehead atoms. The van der Waals surface area contributed by atoms with Gasteiger partial charge in [0.1, 0.15) is 0 Å². The molecule has 1 aromatic carbocycles. The summed E-state index contributed by atoms with van der Waals surface area (Å²) in [6.45, 7) is 8.16. The molecule has 0 aliphatic carbocycles. The molecule has 0 radical (unpaired) electrons. The van der Waals surface area contributed by atoms with E-state index in [4.69, 9.17) is 5.11 Å². The number of hydrogen-bond acceptors (Lipinski definition) is 2. The Hall–Kier alpha value is -1.51. The van der Waals surface area contributed by atoms with Crippen LogP contribution >= 0.6 is 0 Å². The van der Waals surface area contributed by atoms with Crippen LogP contribution in [-0.2, 0) is 0 Å². The first-order valence-corrected chi connectivity index (χ1v) is 5.69. The maximum absolute atomic E-state index is 10.8. The smallest absolute Gasteiger partial charge is 0.335 e. The molecule has 0 unspecified atom stereocenters. The number of nitrogens with zero attached hydrogens (tertiary/aromatic N) is 1. The molecule has 0 aromatic heterocycles. The summed E-state index contributed by atoms with van der Waals surface area (Å²) in [5.41, 5.74) is 2.51. The number of rotatable bonds is 5. The second kappa shape index (κ2) is 5.54. The molecular weight excluding hydrogens is 202 g/mol. The third-order valence-electron chi connectivity index (χ3n) is 2.66. The third kappa shape index (κ3) is 2.75. The molecule has 3 heteroatoms. The van der Waals surface area contributed by atoms with Gasteiger partial charge in [-0.3, -0.25) is 0 Å². The number of hydrogen-bond donors (Lipinski definition) is 1. The van der Waals surface area contributed by atoms with Crippen molar-refractivity contribution < 1.29 is 9.90 Å². The molecule has 0 saturated carbocycles. The van der Waals surface area contributed by atoms with E-state index in [1.807, 2.05) is 13.0 Å². The van der Waals surface area contributed by atoms with Crippen molar-refractivity contribution in [3.05, 3.63) is 29.3 Å². The fraction of sp³-hybridized carbons (Fsp3) is 0.462. The van der Waals surface area contributed by atoms with Crippen molar-refractivity contribution in [1.29, 1.82) is 0 Å². The fourth-order valence-corrected chi connectivity index (χ4v) is 1.86. The molecule has 1 N–H and O–H groups in total. The van der Waals surface area contributed by atoms with Crippen LogP contribution in [0.5, 0.6) is 0 Å². The van der Waals surface area contributed by atoms with Crippen molar-refractivity contribution >= 4 is 11.7 Å². The van der Waals surface area contributed by atoms with Crippen molar-refractivity contribution in [3.8, 4) is 0 Å². The van der Waals surface area contributed by atoms with Crippen molar-refractivity contribution in [2.24, 2.45) is 0 Å². The zero-order valence-electron chi connectivity index (χ0n) is 10.2. The number of benzene rings is 1. The lowest BCUT2D eigenvalue weighted by Crippen LogP contribution is -2.24. The molecule has 88 valence electrons. The van der Waals surface area contributed by atoms with Gasteiger partial charge in [0.15, 0.2) is 0 Å². The lowest BCUT2D eigenvalue weighted by molar-refractivity contribution is 0.0697. The molecule has 0 heterocycles. The van der Waals surface area contributed by atoms with E-state index in [0.29, 0.717) is 5.56 Å². The zero-order valence-corrected chi connectivity index (χ0v) is 10.2. The highest BCUT2D eigenvalue weighted by molar-refractivity contribution is 5.88. The largest absolute Gasteiger partial charge is 0.478 e. The number of carboxylic acids is 1. The average Bonchev–Trinajstić information content (AvgIpc) is 2.26. The molecular formula is C13H19NO2. The molecule has 3 nitrogen and oxygen atoms in total. The average molecular weight is 221 g/mol. The van der Waals surface area contributed by atoms with E-state index in [1.165, 1.54) is 0 Å². The monoisotopic (exact) mass is 221 g/mol. The minimum absolute atomic E-state index is 0.355. The van der Waals surface area contributed by atoms with E-state index in [2.05, 4.69) is 18.7 Å². The van der Waals surface area contributed by atoms with Crippen molar-refractivity contribution in [3.63, 3.8) is 0 Å². The van der Waals surface area contributed by atoms with E-state index in [9.17, 15) is 4.79 Å². The maximum Gasteiger partial charge on any atom is 0.335 e. The van der Waals surface area contributed by atoms with Gasteiger partial charge in [-0.2, -0.15) is 0 Å². The van der Waals surface area contributed by atoms with Gasteiger partial charge in [0, 0.05) is 18.8 Å². The summed E-state index contributed by atoms with van der Waals surface area (Å²) in [6.07, 6.45) is 1.09. The first-order valence-electron chi connectivity index (χ1n) is 5.69. The molecule has 0 fully saturated rings. The molecule has 1 rings (SSSR count). The van der Waals surface area contributed by atoms with Crippen LogP contribution in [0.3, 0.4) is 0 Å². The Morgan fingerprint density at radius 2 is 2.06 bits per heavy atom. The maximum atomic E-state index is 10.8. The summed E-state index contributed by atoms with van der Waals surface area (Å²) in [6, 6.07) is 5.30. The van der Waals surface area contributed by atoms with Gasteiger partial charge in [0.05, 0.1) is 5.56 Å². The van der Waals surface area contributed by atoms with Gasteiger partial charge < -0.3 is 10.0 Å². The standard InChI is InChI=1S/C13H19NO2/c1-4-8-14(5-2)12-7-6-11(13(15)16)9-10(12)3/h6-7,9H,4-5,8H2,1-3H3,(H,15,16). The lowest BCUT2D eigenvalue weighted by atomic mass is 10.1. The number of anilines is 1. The highest BCUT2D eigenvalue weighted by Crippen LogP contribution is 2.21. The highest BCUT2D eigenvalue weighted by Gasteiger charge is 2.09. The van der Waals surface area contributed by atoms with Crippen LogP contribution in [-0.4, -0.2) is 24.2 Å². The van der Waals surface area contributed by atoms with Crippen LogP contribution in [0.2, 0.25) is 0 Å². The van der Waals surface area contributed by atoms with E-state index in [-0.39, 0.29) is 0 Å². The first kappa shape index (κ1) is 12.6. The Labute approximate surface area is 96.7 Å². The van der Waals surface area contributed by atoms with Gasteiger partial charge in [0.25, 0.3) is 0 Å². The minimum Gasteiger partial charge on any atom is -0.478 e. The van der Waals surface area contributed by atoms with Crippen molar-refractivity contribution in [1.82, 2.24) is 0 Å². The Morgan fingerprint density at radius 3 is 2.50 bits per heavy atom. The number of aromatic carboxylic acids is 1. The summed E-state index contributed by atoms with van der Waals surface area (Å²) in [5, 5.41) is 8.89. The number of carboxylic acid groups (broad SMARTS) is 1. The second-order valence-corrected chi connectivity index (χ2v) is 3.89.